The van der Waals surface area contributed by atoms with Gasteiger partial charge in [0.05, 0.1) is 0 Å². The van der Waals surface area contributed by atoms with E-state index in [1.165, 1.54) is 4.68 Å². The van der Waals surface area contributed by atoms with E-state index >= 15 is 0 Å². The average Bonchev–Trinajstić information content (AvgIpc) is 2.14. The Bertz CT molecular complexity index is 269. The van der Waals surface area contributed by atoms with E-state index in [9.17, 15) is 4.79 Å². The van der Waals surface area contributed by atoms with Crippen molar-refractivity contribution in [2.45, 2.75) is 19.8 Å². The summed E-state index contributed by atoms with van der Waals surface area (Å²) in [5.41, 5.74) is 0.928. The maximum absolute atomic E-state index is 11.1. The van der Waals surface area contributed by atoms with Crippen LogP contribution in [0.4, 0.5) is 0 Å². The highest BCUT2D eigenvalue weighted by Crippen LogP contribution is 2.06. The van der Waals surface area contributed by atoms with E-state index in [-0.39, 0.29) is 5.56 Å². The molecule has 0 fully saturated rings. The van der Waals surface area contributed by atoms with E-state index in [2.05, 4.69) is 5.10 Å². The lowest BCUT2D eigenvalue weighted by molar-refractivity contribution is 0.733. The van der Waals surface area contributed by atoms with Gasteiger partial charge in [-0.25, -0.2) is 0 Å². The molecule has 3 heteroatoms. The zero-order valence-electron chi connectivity index (χ0n) is 6.51. The summed E-state index contributed by atoms with van der Waals surface area (Å²) in [6, 6.07) is 0. The number of hydrogen-bond donors (Lipinski definition) is 1. The highest BCUT2D eigenvalue weighted by atomic mass is 16.1. The number of aromatic nitrogens is 2. The van der Waals surface area contributed by atoms with Crippen LogP contribution in [-0.2, 0) is 7.05 Å². The number of aromatic amines is 1. The predicted molar refractivity (Wildman–Crippen MR) is 40.1 cm³/mol. The average molecular weight is 140 g/mol. The van der Waals surface area contributed by atoms with Gasteiger partial charge < -0.3 is 5.10 Å². The van der Waals surface area contributed by atoms with E-state index < -0.39 is 0 Å². The lowest BCUT2D eigenvalue weighted by Crippen LogP contribution is -2.15. The predicted octanol–water partition coefficient (Wildman–Crippen LogP) is 0.837. The molecule has 0 radical (unpaired) electrons. The van der Waals surface area contributed by atoms with Crippen molar-refractivity contribution in [3.05, 3.63) is 22.1 Å². The van der Waals surface area contributed by atoms with Crippen molar-refractivity contribution in [1.82, 2.24) is 9.78 Å². The summed E-state index contributed by atoms with van der Waals surface area (Å²) in [6.45, 7) is 4.01. The Morgan fingerprint density at radius 1 is 1.60 bits per heavy atom. The molecule has 1 rings (SSSR count). The number of rotatable bonds is 1. The third-order valence-corrected chi connectivity index (χ3v) is 1.59. The van der Waals surface area contributed by atoms with Crippen molar-refractivity contribution in [3.63, 3.8) is 0 Å². The molecule has 0 aromatic carbocycles. The molecule has 3 nitrogen and oxygen atoms in total. The Kier molecular flexibility index (Phi) is 1.66. The van der Waals surface area contributed by atoms with E-state index in [1.54, 1.807) is 13.2 Å². The molecular weight excluding hydrogens is 128 g/mol. The van der Waals surface area contributed by atoms with Gasteiger partial charge in [0.1, 0.15) is 0 Å². The smallest absolute Gasteiger partial charge is 0.269 e. The van der Waals surface area contributed by atoms with Gasteiger partial charge in [-0.1, -0.05) is 13.8 Å². The van der Waals surface area contributed by atoms with Crippen LogP contribution in [0.1, 0.15) is 25.3 Å². The standard InChI is InChI=1S/C7H12N2O/c1-5(2)6-4-8-9(3)7(6)10/h4-5,8H,1-3H3. The first kappa shape index (κ1) is 7.12. The lowest BCUT2D eigenvalue weighted by atomic mass is 10.1. The molecule has 56 valence electrons. The van der Waals surface area contributed by atoms with Gasteiger partial charge in [0.25, 0.3) is 5.56 Å². The summed E-state index contributed by atoms with van der Waals surface area (Å²) in [5.74, 6) is 0.310. The Labute approximate surface area is 59.7 Å². The summed E-state index contributed by atoms with van der Waals surface area (Å²) in [4.78, 5) is 11.1. The van der Waals surface area contributed by atoms with Crippen LogP contribution in [0, 0.1) is 0 Å². The van der Waals surface area contributed by atoms with Gasteiger partial charge in [-0.15, -0.1) is 0 Å². The molecular formula is C7H12N2O. The van der Waals surface area contributed by atoms with Crippen molar-refractivity contribution in [3.8, 4) is 0 Å². The van der Waals surface area contributed by atoms with Crippen LogP contribution in [0.2, 0.25) is 0 Å². The molecule has 0 aliphatic carbocycles. The monoisotopic (exact) mass is 140 g/mol. The Morgan fingerprint density at radius 3 is 2.40 bits per heavy atom. The highest BCUT2D eigenvalue weighted by molar-refractivity contribution is 5.08. The fraction of sp³-hybridized carbons (Fsp3) is 0.571. The number of aryl methyl sites for hydroxylation is 1. The number of nitrogens with zero attached hydrogens (tertiary/aromatic N) is 1. The fourth-order valence-corrected chi connectivity index (χ4v) is 0.894. The van der Waals surface area contributed by atoms with E-state index in [0.717, 1.165) is 5.56 Å². The summed E-state index contributed by atoms with van der Waals surface area (Å²) in [7, 11) is 1.72. The van der Waals surface area contributed by atoms with Gasteiger partial charge in [0, 0.05) is 18.8 Å². The molecule has 10 heavy (non-hydrogen) atoms. The molecule has 0 amide bonds. The third kappa shape index (κ3) is 0.988. The SMILES string of the molecule is CC(C)c1c[nH]n(C)c1=O. The van der Waals surface area contributed by atoms with Crippen LogP contribution in [0.15, 0.2) is 11.0 Å². The molecule has 0 unspecified atom stereocenters. The summed E-state index contributed by atoms with van der Waals surface area (Å²) >= 11 is 0. The third-order valence-electron chi connectivity index (χ3n) is 1.59. The second-order valence-electron chi connectivity index (χ2n) is 2.75. The molecule has 0 bridgehead atoms. The lowest BCUT2D eigenvalue weighted by Gasteiger charge is -1.94. The number of hydrogen-bond acceptors (Lipinski definition) is 1. The summed E-state index contributed by atoms with van der Waals surface area (Å²) in [6.07, 6.45) is 1.76. The molecule has 1 aromatic rings. The summed E-state index contributed by atoms with van der Waals surface area (Å²) in [5, 5.41) is 2.82. The second-order valence-corrected chi connectivity index (χ2v) is 2.75. The molecule has 0 aliphatic heterocycles. The Balaban J connectivity index is 3.18. The largest absolute Gasteiger partial charge is 0.303 e. The first-order valence-corrected chi connectivity index (χ1v) is 3.37. The summed E-state index contributed by atoms with van der Waals surface area (Å²) < 4.78 is 1.48. The minimum absolute atomic E-state index is 0.0787. The number of nitrogens with one attached hydrogen (secondary N) is 1. The molecule has 1 aromatic heterocycles. The molecule has 0 spiro atoms. The quantitative estimate of drug-likeness (QED) is 0.616. The normalized spacial score (nSPS) is 10.8. The first-order valence-electron chi connectivity index (χ1n) is 3.37. The van der Waals surface area contributed by atoms with Crippen molar-refractivity contribution in [2.75, 3.05) is 0 Å². The molecule has 0 atom stereocenters. The maximum atomic E-state index is 11.1. The van der Waals surface area contributed by atoms with Gasteiger partial charge in [-0.2, -0.15) is 0 Å². The van der Waals surface area contributed by atoms with Crippen LogP contribution in [0.5, 0.6) is 0 Å². The molecule has 0 saturated heterocycles. The van der Waals surface area contributed by atoms with Gasteiger partial charge in [0.15, 0.2) is 0 Å². The zero-order valence-corrected chi connectivity index (χ0v) is 6.51. The number of H-pyrrole nitrogens is 1. The minimum Gasteiger partial charge on any atom is -0.303 e. The van der Waals surface area contributed by atoms with Crippen LogP contribution >= 0.6 is 0 Å². The molecule has 1 N–H and O–H groups in total. The second kappa shape index (κ2) is 2.33. The zero-order chi connectivity index (χ0) is 7.72. The Hall–Kier alpha value is -0.990. The van der Waals surface area contributed by atoms with Gasteiger partial charge in [-0.05, 0) is 5.92 Å². The van der Waals surface area contributed by atoms with Crippen LogP contribution in [0.3, 0.4) is 0 Å². The Morgan fingerprint density at radius 2 is 2.20 bits per heavy atom. The van der Waals surface area contributed by atoms with Crippen molar-refractivity contribution < 1.29 is 0 Å². The first-order chi connectivity index (χ1) is 4.63. The maximum Gasteiger partial charge on any atom is 0.269 e. The minimum atomic E-state index is 0.0787. The molecule has 0 saturated carbocycles. The highest BCUT2D eigenvalue weighted by Gasteiger charge is 2.05. The van der Waals surface area contributed by atoms with Crippen molar-refractivity contribution >= 4 is 0 Å². The molecule has 1 heterocycles. The van der Waals surface area contributed by atoms with Crippen molar-refractivity contribution in [2.24, 2.45) is 7.05 Å². The van der Waals surface area contributed by atoms with E-state index in [4.69, 9.17) is 0 Å². The van der Waals surface area contributed by atoms with Gasteiger partial charge in [-0.3, -0.25) is 9.48 Å². The van der Waals surface area contributed by atoms with E-state index in [0.29, 0.717) is 5.92 Å². The van der Waals surface area contributed by atoms with Crippen LogP contribution in [-0.4, -0.2) is 9.78 Å². The fourth-order valence-electron chi connectivity index (χ4n) is 0.894. The molecule has 0 aliphatic rings. The van der Waals surface area contributed by atoms with Crippen LogP contribution in [0.25, 0.3) is 0 Å². The van der Waals surface area contributed by atoms with Gasteiger partial charge in [0.2, 0.25) is 0 Å². The van der Waals surface area contributed by atoms with E-state index in [1.807, 2.05) is 13.8 Å². The van der Waals surface area contributed by atoms with Gasteiger partial charge >= 0.3 is 0 Å². The van der Waals surface area contributed by atoms with Crippen molar-refractivity contribution in [1.29, 1.82) is 0 Å². The van der Waals surface area contributed by atoms with Crippen LogP contribution < -0.4 is 5.56 Å². The topological polar surface area (TPSA) is 37.8 Å².